The first-order valence-electron chi connectivity index (χ1n) is 12.5. The molecule has 0 bridgehead atoms. The number of hydrogen-bond donors (Lipinski definition) is 5. The Morgan fingerprint density at radius 3 is 2.44 bits per heavy atom. The number of carbonyl (C=O) groups is 3. The van der Waals surface area contributed by atoms with Crippen molar-refractivity contribution in [1.82, 2.24) is 4.90 Å². The lowest BCUT2D eigenvalue weighted by atomic mass is 9.60. The molecule has 0 saturated heterocycles. The van der Waals surface area contributed by atoms with Crippen LogP contribution in [-0.4, -0.2) is 76.6 Å². The van der Waals surface area contributed by atoms with Gasteiger partial charge in [0.1, 0.15) is 34.4 Å². The lowest BCUT2D eigenvalue weighted by molar-refractivity contribution is -0.144. The molecule has 2 aromatic rings. The minimum Gasteiger partial charge on any atom is -0.511 e. The van der Waals surface area contributed by atoms with Gasteiger partial charge in [0.05, 0.1) is 17.7 Å². The third-order valence-electron chi connectivity index (χ3n) is 7.92. The van der Waals surface area contributed by atoms with Gasteiger partial charge in [-0.15, -0.1) is 0 Å². The van der Waals surface area contributed by atoms with Crippen molar-refractivity contribution in [3.8, 4) is 17.1 Å². The normalized spacial score (nSPS) is 24.6. The molecule has 0 spiro atoms. The third kappa shape index (κ3) is 3.83. The highest BCUT2D eigenvalue weighted by Gasteiger charge is 2.59. The van der Waals surface area contributed by atoms with Crippen LogP contribution in [0.1, 0.15) is 34.5 Å². The Morgan fingerprint density at radius 1 is 1.13 bits per heavy atom. The number of phenols is 1. The Bertz CT molecular complexity index is 1500. The number of rotatable bonds is 5. The van der Waals surface area contributed by atoms with E-state index in [-0.39, 0.29) is 41.7 Å². The number of ketones is 2. The SMILES string of the molecule is CN(C)Cc1ccc(-c2cc(N(C)C)c3c(c2O)C(=O)C2=C(O)[C@]4(O)C(=O)C(C(N)=O)=C(O)C[C@@H]4C[C@@H]2C3)o1. The van der Waals surface area contributed by atoms with Gasteiger partial charge in [0, 0.05) is 37.7 Å². The first-order chi connectivity index (χ1) is 18.3. The van der Waals surface area contributed by atoms with Gasteiger partial charge in [-0.1, -0.05) is 0 Å². The third-order valence-corrected chi connectivity index (χ3v) is 7.92. The molecule has 0 saturated carbocycles. The number of anilines is 1. The lowest BCUT2D eigenvalue weighted by Crippen LogP contribution is -2.57. The van der Waals surface area contributed by atoms with Crippen LogP contribution in [0, 0.1) is 11.8 Å². The Morgan fingerprint density at radius 2 is 1.82 bits per heavy atom. The molecular weight excluding hydrogens is 506 g/mol. The fraction of sp³-hybridized carbons (Fsp3) is 0.393. The van der Waals surface area contributed by atoms with Gasteiger partial charge in [-0.3, -0.25) is 14.4 Å². The molecule has 0 aliphatic heterocycles. The van der Waals surface area contributed by atoms with E-state index < -0.39 is 52.0 Å². The highest BCUT2D eigenvalue weighted by molar-refractivity contribution is 6.24. The number of nitrogens with two attached hydrogens (primary N) is 1. The lowest BCUT2D eigenvalue weighted by Gasteiger charge is -2.45. The van der Waals surface area contributed by atoms with E-state index in [0.29, 0.717) is 29.3 Å². The van der Waals surface area contributed by atoms with E-state index in [1.165, 1.54) is 0 Å². The summed E-state index contributed by atoms with van der Waals surface area (Å²) in [7, 11) is 7.39. The van der Waals surface area contributed by atoms with E-state index in [1.54, 1.807) is 32.3 Å². The van der Waals surface area contributed by atoms with Crippen LogP contribution in [0.2, 0.25) is 0 Å². The fourth-order valence-electron chi connectivity index (χ4n) is 6.17. The van der Waals surface area contributed by atoms with Gasteiger partial charge in [0.2, 0.25) is 5.78 Å². The molecule has 11 heteroatoms. The molecule has 1 aromatic heterocycles. The number of furan rings is 1. The van der Waals surface area contributed by atoms with Crippen LogP contribution < -0.4 is 10.6 Å². The van der Waals surface area contributed by atoms with Crippen molar-refractivity contribution in [2.24, 2.45) is 17.6 Å². The van der Waals surface area contributed by atoms with Gasteiger partial charge in [-0.25, -0.2) is 0 Å². The molecule has 3 aliphatic carbocycles. The second-order valence-electron chi connectivity index (χ2n) is 11.0. The number of hydrogen-bond acceptors (Lipinski definition) is 10. The summed E-state index contributed by atoms with van der Waals surface area (Å²) in [6.45, 7) is 0.526. The van der Waals surface area contributed by atoms with Crippen LogP contribution in [0.5, 0.6) is 5.75 Å². The zero-order valence-electron chi connectivity index (χ0n) is 22.1. The number of carbonyl (C=O) groups excluding carboxylic acids is 3. The standard InChI is InChI=1S/C28H31N3O8/c1-30(2)11-14-5-6-19(39-14)16-10-17(31(3)4)15-8-12-7-13-9-18(32)22(27(29)37)26(36)28(13,38)25(35)20(12)24(34)21(15)23(16)33/h5-6,10,12-13,32-33,35,38H,7-9,11H2,1-4H3,(H2,29,37)/t12-,13+,28+/m1/s1. The monoisotopic (exact) mass is 537 g/mol. The van der Waals surface area contributed by atoms with Gasteiger partial charge >= 0.3 is 0 Å². The number of amides is 1. The van der Waals surface area contributed by atoms with Crippen molar-refractivity contribution >= 4 is 23.2 Å². The number of aliphatic hydroxyl groups is 3. The highest BCUT2D eigenvalue weighted by atomic mass is 16.4. The zero-order valence-corrected chi connectivity index (χ0v) is 22.1. The van der Waals surface area contributed by atoms with Crippen LogP contribution >= 0.6 is 0 Å². The summed E-state index contributed by atoms with van der Waals surface area (Å²) in [5.74, 6) is -5.58. The number of allylic oxidation sites excluding steroid dienone is 2. The van der Waals surface area contributed by atoms with E-state index in [9.17, 15) is 34.8 Å². The number of aliphatic hydroxyl groups excluding tert-OH is 2. The highest BCUT2D eigenvalue weighted by Crippen LogP contribution is 2.53. The van der Waals surface area contributed by atoms with Crippen LogP contribution in [0.25, 0.3) is 11.3 Å². The van der Waals surface area contributed by atoms with Crippen LogP contribution in [0.15, 0.2) is 45.3 Å². The summed E-state index contributed by atoms with van der Waals surface area (Å²) < 4.78 is 5.95. The van der Waals surface area contributed by atoms with E-state index in [2.05, 4.69) is 0 Å². The maximum atomic E-state index is 14.0. The van der Waals surface area contributed by atoms with Crippen molar-refractivity contribution in [2.45, 2.75) is 31.4 Å². The maximum Gasteiger partial charge on any atom is 0.255 e. The predicted molar refractivity (Wildman–Crippen MR) is 140 cm³/mol. The number of aromatic hydroxyl groups is 1. The summed E-state index contributed by atoms with van der Waals surface area (Å²) in [5.41, 5.74) is 3.09. The van der Waals surface area contributed by atoms with Crippen molar-refractivity contribution in [1.29, 1.82) is 0 Å². The average molecular weight is 538 g/mol. The Hall–Kier alpha value is -4.09. The van der Waals surface area contributed by atoms with E-state index in [1.807, 2.05) is 23.9 Å². The smallest absolute Gasteiger partial charge is 0.255 e. The Kier molecular flexibility index (Phi) is 6.11. The molecular formula is C28H31N3O8. The van der Waals surface area contributed by atoms with Gasteiger partial charge in [-0.2, -0.15) is 0 Å². The van der Waals surface area contributed by atoms with E-state index in [4.69, 9.17) is 10.2 Å². The molecule has 3 aliphatic rings. The fourth-order valence-corrected chi connectivity index (χ4v) is 6.17. The summed E-state index contributed by atoms with van der Waals surface area (Å²) in [5, 5.41) is 44.4. The van der Waals surface area contributed by atoms with Gasteiger partial charge in [-0.05, 0) is 56.6 Å². The molecule has 0 unspecified atom stereocenters. The number of fused-ring (bicyclic) bond motifs is 3. The van der Waals surface area contributed by atoms with Gasteiger partial charge < -0.3 is 40.4 Å². The number of nitrogens with zero attached hydrogens (tertiary/aromatic N) is 2. The molecule has 0 radical (unpaired) electrons. The Balaban J connectivity index is 1.68. The summed E-state index contributed by atoms with van der Waals surface area (Å²) >= 11 is 0. The van der Waals surface area contributed by atoms with E-state index in [0.717, 1.165) is 0 Å². The summed E-state index contributed by atoms with van der Waals surface area (Å²) in [6, 6.07) is 5.22. The topological polar surface area (TPSA) is 178 Å². The number of Topliss-reactive ketones (excluding diaryl/α,β-unsaturated/α-hetero) is 2. The summed E-state index contributed by atoms with van der Waals surface area (Å²) in [4.78, 5) is 42.7. The molecule has 1 amide bonds. The van der Waals surface area contributed by atoms with Gasteiger partial charge in [0.25, 0.3) is 5.91 Å². The number of phenolic OH excluding ortho intramolecular Hbond substituents is 1. The number of benzene rings is 1. The van der Waals surface area contributed by atoms with Crippen molar-refractivity contribution < 1.29 is 39.2 Å². The second kappa shape index (κ2) is 8.99. The first-order valence-corrected chi connectivity index (χ1v) is 12.5. The molecule has 11 nitrogen and oxygen atoms in total. The first kappa shape index (κ1) is 26.5. The summed E-state index contributed by atoms with van der Waals surface area (Å²) in [6.07, 6.45) is 0.0258. The largest absolute Gasteiger partial charge is 0.511 e. The maximum absolute atomic E-state index is 14.0. The minimum atomic E-state index is -2.60. The number of primary amides is 1. The molecule has 6 N–H and O–H groups in total. The van der Waals surface area contributed by atoms with Crippen LogP contribution in [0.3, 0.4) is 0 Å². The molecule has 5 rings (SSSR count). The van der Waals surface area contributed by atoms with Crippen molar-refractivity contribution in [3.63, 3.8) is 0 Å². The van der Waals surface area contributed by atoms with Crippen molar-refractivity contribution in [3.05, 3.63) is 57.8 Å². The average Bonchev–Trinajstić information content (AvgIpc) is 3.28. The zero-order chi connectivity index (χ0) is 28.5. The minimum absolute atomic E-state index is 0.0571. The molecule has 0 fully saturated rings. The van der Waals surface area contributed by atoms with Crippen LogP contribution in [-0.2, 0) is 22.6 Å². The van der Waals surface area contributed by atoms with Crippen LogP contribution in [0.4, 0.5) is 5.69 Å². The molecule has 39 heavy (non-hydrogen) atoms. The van der Waals surface area contributed by atoms with Gasteiger partial charge in [0.15, 0.2) is 11.4 Å². The van der Waals surface area contributed by atoms with Crippen molar-refractivity contribution in [2.75, 3.05) is 33.1 Å². The Labute approximate surface area is 224 Å². The molecule has 1 heterocycles. The molecule has 206 valence electrons. The predicted octanol–water partition coefficient (Wildman–Crippen LogP) is 1.97. The van der Waals surface area contributed by atoms with E-state index >= 15 is 0 Å². The molecule has 3 atom stereocenters. The molecule has 1 aromatic carbocycles. The quantitative estimate of drug-likeness (QED) is 0.354. The second-order valence-corrected chi connectivity index (χ2v) is 11.0.